The van der Waals surface area contributed by atoms with Gasteiger partial charge in [-0.15, -0.1) is 0 Å². The van der Waals surface area contributed by atoms with Crippen molar-refractivity contribution < 1.29 is 27.8 Å². The molecule has 0 aromatic carbocycles. The number of methoxy groups -OCH3 is 1. The van der Waals surface area contributed by atoms with Gasteiger partial charge < -0.3 is 19.0 Å². The standard InChI is InChI=1S/C13H15F3N4O3/c1-19-5-4-18-11(19)12(22,13(14,15)16)9(10(21)23-2)7-20-6-3-17-8-20/h3-6,8-9,22H,7H2,1-2H3/t9-,12-/m1/s1. The van der Waals surface area contributed by atoms with Crippen molar-refractivity contribution in [1.29, 1.82) is 0 Å². The summed E-state index contributed by atoms with van der Waals surface area (Å²) < 4.78 is 47.8. The molecule has 23 heavy (non-hydrogen) atoms. The van der Waals surface area contributed by atoms with Gasteiger partial charge in [0.15, 0.2) is 5.82 Å². The molecule has 0 aliphatic heterocycles. The maximum atomic E-state index is 13.7. The van der Waals surface area contributed by atoms with E-state index in [1.54, 1.807) is 0 Å². The zero-order valence-electron chi connectivity index (χ0n) is 12.4. The van der Waals surface area contributed by atoms with E-state index >= 15 is 0 Å². The number of ether oxygens (including phenoxy) is 1. The topological polar surface area (TPSA) is 82.2 Å². The molecule has 1 N–H and O–H groups in total. The van der Waals surface area contributed by atoms with E-state index in [1.807, 2.05) is 0 Å². The van der Waals surface area contributed by atoms with Gasteiger partial charge in [0.2, 0.25) is 5.60 Å². The van der Waals surface area contributed by atoms with Crippen molar-refractivity contribution in [3.63, 3.8) is 0 Å². The summed E-state index contributed by atoms with van der Waals surface area (Å²) in [5, 5.41) is 10.5. The molecule has 0 saturated heterocycles. The van der Waals surface area contributed by atoms with E-state index in [0.717, 1.165) is 17.9 Å². The maximum absolute atomic E-state index is 13.7. The van der Waals surface area contributed by atoms with Crippen molar-refractivity contribution in [2.75, 3.05) is 7.11 Å². The highest BCUT2D eigenvalue weighted by molar-refractivity contribution is 5.74. The minimum Gasteiger partial charge on any atom is -0.469 e. The van der Waals surface area contributed by atoms with Crippen LogP contribution in [0.3, 0.4) is 0 Å². The van der Waals surface area contributed by atoms with Crippen LogP contribution in [0.5, 0.6) is 0 Å². The van der Waals surface area contributed by atoms with Gasteiger partial charge in [-0.3, -0.25) is 4.79 Å². The number of aromatic nitrogens is 4. The predicted molar refractivity (Wildman–Crippen MR) is 70.9 cm³/mol. The van der Waals surface area contributed by atoms with Crippen molar-refractivity contribution in [2.45, 2.75) is 18.3 Å². The van der Waals surface area contributed by atoms with Gasteiger partial charge in [-0.25, -0.2) is 9.97 Å². The molecule has 0 saturated carbocycles. The van der Waals surface area contributed by atoms with Crippen LogP contribution < -0.4 is 0 Å². The van der Waals surface area contributed by atoms with Crippen molar-refractivity contribution >= 4 is 5.97 Å². The number of halogens is 3. The fourth-order valence-electron chi connectivity index (χ4n) is 2.34. The summed E-state index contributed by atoms with van der Waals surface area (Å²) in [4.78, 5) is 19.3. The summed E-state index contributed by atoms with van der Waals surface area (Å²) >= 11 is 0. The van der Waals surface area contributed by atoms with Crippen LogP contribution in [0.25, 0.3) is 0 Å². The lowest BCUT2D eigenvalue weighted by atomic mass is 9.85. The van der Waals surface area contributed by atoms with Gasteiger partial charge in [-0.2, -0.15) is 13.2 Å². The number of hydrogen-bond donors (Lipinski definition) is 1. The summed E-state index contributed by atoms with van der Waals surface area (Å²) in [6, 6.07) is 0. The molecule has 0 radical (unpaired) electrons. The fraction of sp³-hybridized carbons (Fsp3) is 0.462. The minimum absolute atomic E-state index is 0.477. The number of aliphatic hydroxyl groups is 1. The van der Waals surface area contributed by atoms with E-state index in [0.29, 0.717) is 0 Å². The molecule has 0 fully saturated rings. The lowest BCUT2D eigenvalue weighted by Crippen LogP contribution is -2.54. The Labute approximate surface area is 129 Å². The quantitative estimate of drug-likeness (QED) is 0.821. The minimum atomic E-state index is -5.15. The number of imidazole rings is 2. The van der Waals surface area contributed by atoms with Gasteiger partial charge in [0.1, 0.15) is 5.92 Å². The highest BCUT2D eigenvalue weighted by Gasteiger charge is 2.64. The fourth-order valence-corrected chi connectivity index (χ4v) is 2.34. The molecule has 0 bridgehead atoms. The molecule has 2 rings (SSSR count). The first-order chi connectivity index (χ1) is 10.7. The molecule has 126 valence electrons. The number of carbonyl (C=O) groups is 1. The number of nitrogens with zero attached hydrogens (tertiary/aromatic N) is 4. The van der Waals surface area contributed by atoms with Gasteiger partial charge in [0.05, 0.1) is 13.4 Å². The molecule has 0 amide bonds. The molecule has 2 aromatic rings. The highest BCUT2D eigenvalue weighted by Crippen LogP contribution is 2.44. The van der Waals surface area contributed by atoms with Crippen molar-refractivity contribution in [1.82, 2.24) is 19.1 Å². The van der Waals surface area contributed by atoms with E-state index in [4.69, 9.17) is 0 Å². The van der Waals surface area contributed by atoms with Gasteiger partial charge in [0, 0.05) is 38.4 Å². The summed E-state index contributed by atoms with van der Waals surface area (Å²) in [5.74, 6) is -3.86. The number of esters is 1. The molecular weight excluding hydrogens is 317 g/mol. The molecule has 2 aromatic heterocycles. The average molecular weight is 332 g/mol. The van der Waals surface area contributed by atoms with Crippen molar-refractivity contribution in [3.05, 3.63) is 36.9 Å². The average Bonchev–Trinajstić information content (AvgIpc) is 3.13. The third-order valence-corrected chi connectivity index (χ3v) is 3.54. The van der Waals surface area contributed by atoms with E-state index in [9.17, 15) is 23.1 Å². The third kappa shape index (κ3) is 2.93. The van der Waals surface area contributed by atoms with Gasteiger partial charge >= 0.3 is 12.1 Å². The Bertz CT molecular complexity index is 668. The highest BCUT2D eigenvalue weighted by atomic mass is 19.4. The van der Waals surface area contributed by atoms with Crippen LogP contribution in [0.1, 0.15) is 5.82 Å². The predicted octanol–water partition coefficient (Wildman–Crippen LogP) is 0.856. The summed E-state index contributed by atoms with van der Waals surface area (Å²) in [5.41, 5.74) is -3.51. The first-order valence-electron chi connectivity index (χ1n) is 6.52. The van der Waals surface area contributed by atoms with Crippen LogP contribution in [0.4, 0.5) is 13.2 Å². The monoisotopic (exact) mass is 332 g/mol. The molecule has 2 atom stereocenters. The van der Waals surface area contributed by atoms with Gasteiger partial charge in [-0.05, 0) is 0 Å². The molecule has 2 heterocycles. The summed E-state index contributed by atoms with van der Waals surface area (Å²) in [6.07, 6.45) is 1.18. The van der Waals surface area contributed by atoms with Crippen LogP contribution in [0.15, 0.2) is 31.1 Å². The lowest BCUT2D eigenvalue weighted by Gasteiger charge is -2.35. The van der Waals surface area contributed by atoms with Crippen LogP contribution in [0.2, 0.25) is 0 Å². The van der Waals surface area contributed by atoms with Crippen LogP contribution >= 0.6 is 0 Å². The Kier molecular flexibility index (Phi) is 4.46. The molecule has 0 aliphatic carbocycles. The normalized spacial score (nSPS) is 15.9. The largest absolute Gasteiger partial charge is 0.469 e. The van der Waals surface area contributed by atoms with E-state index < -0.39 is 36.0 Å². The van der Waals surface area contributed by atoms with E-state index in [2.05, 4.69) is 14.7 Å². The van der Waals surface area contributed by atoms with Crippen LogP contribution in [-0.2, 0) is 28.7 Å². The lowest BCUT2D eigenvalue weighted by molar-refractivity contribution is -0.291. The molecule has 0 aliphatic rings. The SMILES string of the molecule is COC(=O)[C@@H](Cn1ccnc1)[C@@](O)(c1nccn1C)C(F)(F)F. The number of carbonyl (C=O) groups excluding carboxylic acids is 1. The Morgan fingerprint density at radius 1 is 1.39 bits per heavy atom. The number of aryl methyl sites for hydroxylation is 1. The molecule has 10 heteroatoms. The number of alkyl halides is 3. The van der Waals surface area contributed by atoms with Crippen LogP contribution in [0, 0.1) is 5.92 Å². The zero-order chi connectivity index (χ0) is 17.3. The Hall–Kier alpha value is -2.36. The Balaban J connectivity index is 2.57. The molecule has 0 spiro atoms. The Morgan fingerprint density at radius 3 is 2.52 bits per heavy atom. The second-order valence-electron chi connectivity index (χ2n) is 4.96. The second kappa shape index (κ2) is 6.03. The molecule has 0 unspecified atom stereocenters. The summed E-state index contributed by atoms with van der Waals surface area (Å²) in [7, 11) is 2.25. The molecule has 7 nitrogen and oxygen atoms in total. The summed E-state index contributed by atoms with van der Waals surface area (Å²) in [6.45, 7) is -0.477. The molecular formula is C13H15F3N4O3. The number of rotatable bonds is 5. The van der Waals surface area contributed by atoms with Crippen LogP contribution in [-0.4, -0.2) is 43.5 Å². The maximum Gasteiger partial charge on any atom is 0.425 e. The van der Waals surface area contributed by atoms with Crippen molar-refractivity contribution in [2.24, 2.45) is 13.0 Å². The van der Waals surface area contributed by atoms with Crippen molar-refractivity contribution in [3.8, 4) is 0 Å². The van der Waals surface area contributed by atoms with E-state index in [-0.39, 0.29) is 0 Å². The Morgan fingerprint density at radius 2 is 2.09 bits per heavy atom. The smallest absolute Gasteiger partial charge is 0.425 e. The zero-order valence-corrected chi connectivity index (χ0v) is 12.4. The first kappa shape index (κ1) is 17.0. The third-order valence-electron chi connectivity index (χ3n) is 3.54. The van der Waals surface area contributed by atoms with Gasteiger partial charge in [0.25, 0.3) is 0 Å². The first-order valence-corrected chi connectivity index (χ1v) is 6.52. The number of hydrogen-bond acceptors (Lipinski definition) is 5. The second-order valence-corrected chi connectivity index (χ2v) is 4.96. The van der Waals surface area contributed by atoms with E-state index in [1.165, 1.54) is 36.5 Å². The van der Waals surface area contributed by atoms with Gasteiger partial charge in [-0.1, -0.05) is 0 Å².